The Kier molecular flexibility index (Phi) is 37.5. The van der Waals surface area contributed by atoms with Crippen LogP contribution < -0.4 is 5.32 Å². The van der Waals surface area contributed by atoms with Gasteiger partial charge in [0.25, 0.3) is 0 Å². The molecule has 0 spiro atoms. The van der Waals surface area contributed by atoms with E-state index in [-0.39, 0.29) is 12.5 Å². The van der Waals surface area contributed by atoms with E-state index in [4.69, 9.17) is 9.47 Å². The van der Waals surface area contributed by atoms with Crippen LogP contribution in [0.2, 0.25) is 0 Å². The van der Waals surface area contributed by atoms with Gasteiger partial charge >= 0.3 is 0 Å². The van der Waals surface area contributed by atoms with Gasteiger partial charge in [0.2, 0.25) is 5.91 Å². The summed E-state index contributed by atoms with van der Waals surface area (Å²) in [5.41, 5.74) is 0. The van der Waals surface area contributed by atoms with Gasteiger partial charge in [-0.15, -0.1) is 0 Å². The first-order valence-electron chi connectivity index (χ1n) is 24.6. The summed E-state index contributed by atoms with van der Waals surface area (Å²) in [7, 11) is 0. The number of carbonyl (C=O) groups is 1. The highest BCUT2D eigenvalue weighted by molar-refractivity contribution is 5.76. The van der Waals surface area contributed by atoms with Gasteiger partial charge < -0.3 is 40.3 Å². The zero-order valence-corrected chi connectivity index (χ0v) is 37.6. The molecule has 1 rings (SSSR count). The summed E-state index contributed by atoms with van der Waals surface area (Å²) < 4.78 is 11.2. The van der Waals surface area contributed by atoms with Crippen molar-refractivity contribution in [3.8, 4) is 0 Å². The number of nitrogens with one attached hydrogen (secondary N) is 1. The van der Waals surface area contributed by atoms with E-state index >= 15 is 0 Å². The Balaban J connectivity index is 2.26. The van der Waals surface area contributed by atoms with Crippen LogP contribution >= 0.6 is 0 Å². The highest BCUT2D eigenvalue weighted by Gasteiger charge is 2.44. The Morgan fingerprint density at radius 3 is 1.45 bits per heavy atom. The minimum Gasteiger partial charge on any atom is -0.394 e. The van der Waals surface area contributed by atoms with E-state index in [0.717, 1.165) is 38.5 Å². The molecule has 1 aliphatic heterocycles. The van der Waals surface area contributed by atoms with Gasteiger partial charge in [-0.05, 0) is 32.1 Å². The average Bonchev–Trinajstić information content (AvgIpc) is 3.22. The van der Waals surface area contributed by atoms with E-state index in [2.05, 4.69) is 31.3 Å². The lowest BCUT2D eigenvalue weighted by atomic mass is 9.99. The third kappa shape index (κ3) is 29.8. The molecule has 7 atom stereocenters. The van der Waals surface area contributed by atoms with Gasteiger partial charge in [0, 0.05) is 6.42 Å². The van der Waals surface area contributed by atoms with Crippen molar-refractivity contribution >= 4 is 5.91 Å². The van der Waals surface area contributed by atoms with Gasteiger partial charge in [0.05, 0.1) is 25.4 Å². The standard InChI is InChI=1S/C49H93NO8/c1-3-5-7-9-11-13-15-16-17-18-19-20-21-22-23-24-25-26-27-28-29-30-32-34-36-38-43(52)42(41-57-49-48(56)47(55)46(54)44(40-51)58-49)50-45(53)39-37-35-33-31-14-12-10-8-6-4-2/h29-30,36,38,42-44,46-49,51-52,54-56H,3-28,31-35,37,39-41H2,1-2H3,(H,50,53)/b30-29+,38-36+. The Hall–Kier alpha value is -1.33. The Labute approximate surface area is 356 Å². The molecule has 1 amide bonds. The molecule has 1 aliphatic rings. The molecule has 0 aromatic heterocycles. The molecule has 1 saturated heterocycles. The van der Waals surface area contributed by atoms with Crippen LogP contribution in [0.15, 0.2) is 24.3 Å². The van der Waals surface area contributed by atoms with Gasteiger partial charge in [-0.3, -0.25) is 4.79 Å². The van der Waals surface area contributed by atoms with E-state index in [9.17, 15) is 30.3 Å². The lowest BCUT2D eigenvalue weighted by Crippen LogP contribution is -2.60. The fraction of sp³-hybridized carbons (Fsp3) is 0.898. The van der Waals surface area contributed by atoms with Crippen LogP contribution in [0.5, 0.6) is 0 Å². The summed E-state index contributed by atoms with van der Waals surface area (Å²) in [5.74, 6) is -0.188. The summed E-state index contributed by atoms with van der Waals surface area (Å²) in [6.45, 7) is 3.75. The number of carbonyl (C=O) groups excluding carboxylic acids is 1. The molecular weight excluding hydrogens is 731 g/mol. The van der Waals surface area contributed by atoms with E-state index < -0.39 is 49.5 Å². The van der Waals surface area contributed by atoms with Gasteiger partial charge in [-0.1, -0.05) is 212 Å². The average molecular weight is 824 g/mol. The summed E-state index contributed by atoms with van der Waals surface area (Å²) in [4.78, 5) is 12.9. The predicted molar refractivity (Wildman–Crippen MR) is 240 cm³/mol. The molecule has 58 heavy (non-hydrogen) atoms. The van der Waals surface area contributed by atoms with Crippen molar-refractivity contribution < 1.29 is 39.8 Å². The van der Waals surface area contributed by atoms with Crippen LogP contribution in [0.4, 0.5) is 0 Å². The number of rotatable bonds is 41. The third-order valence-electron chi connectivity index (χ3n) is 11.8. The minimum absolute atomic E-state index is 0.188. The smallest absolute Gasteiger partial charge is 0.220 e. The fourth-order valence-electron chi connectivity index (χ4n) is 7.82. The first-order chi connectivity index (χ1) is 28.3. The quantitative estimate of drug-likeness (QED) is 0.0264. The molecule has 6 N–H and O–H groups in total. The zero-order chi connectivity index (χ0) is 42.3. The van der Waals surface area contributed by atoms with Crippen LogP contribution in [-0.2, 0) is 14.3 Å². The molecule has 9 nitrogen and oxygen atoms in total. The van der Waals surface area contributed by atoms with Crippen LogP contribution in [0.25, 0.3) is 0 Å². The van der Waals surface area contributed by atoms with Crippen molar-refractivity contribution in [1.29, 1.82) is 0 Å². The van der Waals surface area contributed by atoms with Gasteiger partial charge in [0.15, 0.2) is 6.29 Å². The summed E-state index contributed by atoms with van der Waals surface area (Å²) in [6.07, 6.45) is 41.0. The number of aliphatic hydroxyl groups excluding tert-OH is 5. The number of amides is 1. The van der Waals surface area contributed by atoms with Crippen molar-refractivity contribution in [2.24, 2.45) is 0 Å². The zero-order valence-electron chi connectivity index (χ0n) is 37.6. The molecule has 7 unspecified atom stereocenters. The normalized spacial score (nSPS) is 21.0. The predicted octanol–water partition coefficient (Wildman–Crippen LogP) is 10.7. The molecule has 0 bridgehead atoms. The van der Waals surface area contributed by atoms with E-state index in [1.54, 1.807) is 6.08 Å². The van der Waals surface area contributed by atoms with E-state index in [0.29, 0.717) is 6.42 Å². The highest BCUT2D eigenvalue weighted by Crippen LogP contribution is 2.23. The van der Waals surface area contributed by atoms with Crippen molar-refractivity contribution in [2.45, 2.75) is 269 Å². The highest BCUT2D eigenvalue weighted by atomic mass is 16.7. The maximum Gasteiger partial charge on any atom is 0.220 e. The lowest BCUT2D eigenvalue weighted by Gasteiger charge is -2.40. The molecule has 0 saturated carbocycles. The molecule has 9 heteroatoms. The molecule has 0 radical (unpaired) electrons. The van der Waals surface area contributed by atoms with Crippen molar-refractivity contribution in [3.05, 3.63) is 24.3 Å². The van der Waals surface area contributed by atoms with Crippen LogP contribution in [-0.4, -0.2) is 87.5 Å². The van der Waals surface area contributed by atoms with E-state index in [1.807, 2.05) is 6.08 Å². The molecule has 0 aromatic carbocycles. The van der Waals surface area contributed by atoms with Crippen molar-refractivity contribution in [1.82, 2.24) is 5.32 Å². The molecular formula is C49H93NO8. The maximum atomic E-state index is 12.9. The number of aliphatic hydroxyl groups is 5. The number of ether oxygens (including phenoxy) is 2. The second kappa shape index (κ2) is 39.8. The molecule has 0 aliphatic carbocycles. The first kappa shape index (κ1) is 54.7. The minimum atomic E-state index is -1.57. The van der Waals surface area contributed by atoms with Crippen LogP contribution in [0.3, 0.4) is 0 Å². The monoisotopic (exact) mass is 824 g/mol. The first-order valence-corrected chi connectivity index (χ1v) is 24.6. The topological polar surface area (TPSA) is 149 Å². The fourth-order valence-corrected chi connectivity index (χ4v) is 7.82. The van der Waals surface area contributed by atoms with Crippen LogP contribution in [0.1, 0.15) is 226 Å². The number of allylic oxidation sites excluding steroid dienone is 3. The van der Waals surface area contributed by atoms with Crippen molar-refractivity contribution in [3.63, 3.8) is 0 Å². The second-order valence-electron chi connectivity index (χ2n) is 17.3. The Morgan fingerprint density at radius 2 is 0.983 bits per heavy atom. The SMILES string of the molecule is CCCCCCCCCCCCCCCCCCCCC/C=C/CC/C=C/C(O)C(COC1OC(CO)C(O)C(O)C1O)NC(=O)CCCCCCCCCCCC. The lowest BCUT2D eigenvalue weighted by molar-refractivity contribution is -0.302. The number of hydrogen-bond acceptors (Lipinski definition) is 8. The molecule has 1 heterocycles. The molecule has 0 aromatic rings. The third-order valence-corrected chi connectivity index (χ3v) is 11.8. The molecule has 342 valence electrons. The van der Waals surface area contributed by atoms with E-state index in [1.165, 1.54) is 167 Å². The van der Waals surface area contributed by atoms with Gasteiger partial charge in [-0.25, -0.2) is 0 Å². The molecule has 1 fully saturated rings. The van der Waals surface area contributed by atoms with Gasteiger partial charge in [0.1, 0.15) is 24.4 Å². The summed E-state index contributed by atoms with van der Waals surface area (Å²) >= 11 is 0. The van der Waals surface area contributed by atoms with Crippen LogP contribution in [0, 0.1) is 0 Å². The second-order valence-corrected chi connectivity index (χ2v) is 17.3. The Morgan fingerprint density at radius 1 is 0.569 bits per heavy atom. The number of unbranched alkanes of at least 4 members (excludes halogenated alkanes) is 29. The summed E-state index contributed by atoms with van der Waals surface area (Å²) in [5, 5.41) is 54.1. The maximum absolute atomic E-state index is 12.9. The largest absolute Gasteiger partial charge is 0.394 e. The number of hydrogen-bond donors (Lipinski definition) is 6. The van der Waals surface area contributed by atoms with Gasteiger partial charge in [-0.2, -0.15) is 0 Å². The van der Waals surface area contributed by atoms with Crippen molar-refractivity contribution in [2.75, 3.05) is 13.2 Å². The summed E-state index contributed by atoms with van der Waals surface area (Å²) in [6, 6.07) is -0.816. The Bertz CT molecular complexity index is 961.